The third kappa shape index (κ3) is 1.84. The molecule has 0 aromatic heterocycles. The van der Waals surface area contributed by atoms with Gasteiger partial charge in [0.25, 0.3) is 0 Å². The molecule has 0 aromatic rings. The van der Waals surface area contributed by atoms with E-state index in [1.807, 2.05) is 6.92 Å². The van der Waals surface area contributed by atoms with E-state index in [1.54, 1.807) is 0 Å². The highest BCUT2D eigenvalue weighted by atomic mass is 16.1. The smallest absolute Gasteiger partial charge is 0.162 e. The van der Waals surface area contributed by atoms with Gasteiger partial charge in [0, 0.05) is 12.0 Å². The monoisotopic (exact) mass is 164 g/mol. The van der Waals surface area contributed by atoms with Gasteiger partial charge in [-0.3, -0.25) is 4.79 Å². The summed E-state index contributed by atoms with van der Waals surface area (Å²) in [7, 11) is 0. The lowest BCUT2D eigenvalue weighted by atomic mass is 9.78. The van der Waals surface area contributed by atoms with Gasteiger partial charge in [0.2, 0.25) is 0 Å². The van der Waals surface area contributed by atoms with Crippen LogP contribution in [0.1, 0.15) is 33.6 Å². The molecule has 0 N–H and O–H groups in total. The van der Waals surface area contributed by atoms with Crippen molar-refractivity contribution in [2.45, 2.75) is 33.6 Å². The van der Waals surface area contributed by atoms with Crippen LogP contribution in [0.4, 0.5) is 0 Å². The molecule has 0 bridgehead atoms. The third-order valence-electron chi connectivity index (χ3n) is 2.29. The summed E-state index contributed by atoms with van der Waals surface area (Å²) >= 11 is 0. The van der Waals surface area contributed by atoms with Gasteiger partial charge in [0.15, 0.2) is 5.78 Å². The minimum atomic E-state index is 0.169. The average Bonchev–Trinajstić information content (AvgIpc) is 1.94. The average molecular weight is 164 g/mol. The second kappa shape index (κ2) is 2.89. The molecule has 1 heteroatoms. The van der Waals surface area contributed by atoms with E-state index in [2.05, 4.69) is 26.5 Å². The van der Waals surface area contributed by atoms with Gasteiger partial charge in [0.1, 0.15) is 0 Å². The van der Waals surface area contributed by atoms with Crippen molar-refractivity contribution >= 4 is 5.78 Å². The highest BCUT2D eigenvalue weighted by Gasteiger charge is 2.25. The SMILES string of the molecule is C=C(C)C1=CC(C)(C)CCC1=O. The van der Waals surface area contributed by atoms with Crippen LogP contribution in [-0.4, -0.2) is 5.78 Å². The van der Waals surface area contributed by atoms with Crippen molar-refractivity contribution in [1.29, 1.82) is 0 Å². The van der Waals surface area contributed by atoms with Crippen molar-refractivity contribution in [1.82, 2.24) is 0 Å². The Balaban J connectivity index is 3.01. The summed E-state index contributed by atoms with van der Waals surface area (Å²) in [6, 6.07) is 0. The highest BCUT2D eigenvalue weighted by Crippen LogP contribution is 2.33. The molecule has 0 atom stereocenters. The van der Waals surface area contributed by atoms with Crippen LogP contribution in [0.2, 0.25) is 0 Å². The maximum absolute atomic E-state index is 11.4. The van der Waals surface area contributed by atoms with E-state index in [4.69, 9.17) is 0 Å². The van der Waals surface area contributed by atoms with Crippen LogP contribution in [0.15, 0.2) is 23.8 Å². The predicted octanol–water partition coefficient (Wildman–Crippen LogP) is 2.88. The summed E-state index contributed by atoms with van der Waals surface area (Å²) in [5.41, 5.74) is 1.90. The molecule has 0 amide bonds. The lowest BCUT2D eigenvalue weighted by Crippen LogP contribution is -2.20. The Bertz CT molecular complexity index is 256. The maximum Gasteiger partial charge on any atom is 0.162 e. The van der Waals surface area contributed by atoms with Gasteiger partial charge < -0.3 is 0 Å². The molecule has 1 nitrogen and oxygen atoms in total. The predicted molar refractivity (Wildman–Crippen MR) is 50.9 cm³/mol. The van der Waals surface area contributed by atoms with Crippen molar-refractivity contribution in [2.24, 2.45) is 5.41 Å². The number of carbonyl (C=O) groups excluding carboxylic acids is 1. The molecular weight excluding hydrogens is 148 g/mol. The van der Waals surface area contributed by atoms with Crippen molar-refractivity contribution < 1.29 is 4.79 Å². The summed E-state index contributed by atoms with van der Waals surface area (Å²) in [5, 5.41) is 0. The fourth-order valence-corrected chi connectivity index (χ4v) is 1.47. The van der Waals surface area contributed by atoms with E-state index in [-0.39, 0.29) is 11.2 Å². The molecule has 0 heterocycles. The number of carbonyl (C=O) groups is 1. The molecule has 1 aliphatic rings. The number of hydrogen-bond acceptors (Lipinski definition) is 1. The van der Waals surface area contributed by atoms with E-state index in [9.17, 15) is 4.79 Å². The van der Waals surface area contributed by atoms with E-state index < -0.39 is 0 Å². The number of ketones is 1. The normalized spacial score (nSPS) is 21.9. The van der Waals surface area contributed by atoms with Gasteiger partial charge in [-0.2, -0.15) is 0 Å². The van der Waals surface area contributed by atoms with E-state index in [0.717, 1.165) is 17.6 Å². The highest BCUT2D eigenvalue weighted by molar-refractivity contribution is 6.00. The summed E-state index contributed by atoms with van der Waals surface area (Å²) in [6.07, 6.45) is 3.69. The molecule has 66 valence electrons. The van der Waals surface area contributed by atoms with Gasteiger partial charge >= 0.3 is 0 Å². The van der Waals surface area contributed by atoms with Gasteiger partial charge in [0.05, 0.1) is 0 Å². The largest absolute Gasteiger partial charge is 0.294 e. The maximum atomic E-state index is 11.4. The zero-order valence-corrected chi connectivity index (χ0v) is 8.11. The quantitative estimate of drug-likeness (QED) is 0.582. The van der Waals surface area contributed by atoms with E-state index >= 15 is 0 Å². The Hall–Kier alpha value is -0.850. The van der Waals surface area contributed by atoms with Gasteiger partial charge in [-0.1, -0.05) is 26.5 Å². The van der Waals surface area contributed by atoms with E-state index in [1.165, 1.54) is 0 Å². The second-order valence-corrected chi connectivity index (χ2v) is 4.25. The van der Waals surface area contributed by atoms with Gasteiger partial charge in [-0.05, 0) is 24.3 Å². The summed E-state index contributed by atoms with van der Waals surface area (Å²) in [6.45, 7) is 10.0. The molecule has 1 rings (SSSR count). The Morgan fingerprint density at radius 2 is 2.17 bits per heavy atom. The van der Waals surface area contributed by atoms with Crippen LogP contribution in [0.25, 0.3) is 0 Å². The molecule has 0 saturated heterocycles. The Morgan fingerprint density at radius 3 is 2.58 bits per heavy atom. The van der Waals surface area contributed by atoms with Crippen LogP contribution < -0.4 is 0 Å². The minimum absolute atomic E-state index is 0.169. The Kier molecular flexibility index (Phi) is 2.22. The fraction of sp³-hybridized carbons (Fsp3) is 0.545. The van der Waals surface area contributed by atoms with Crippen LogP contribution in [-0.2, 0) is 4.79 Å². The zero-order chi connectivity index (χ0) is 9.35. The second-order valence-electron chi connectivity index (χ2n) is 4.25. The molecule has 0 spiro atoms. The zero-order valence-electron chi connectivity index (χ0n) is 8.11. The first-order valence-electron chi connectivity index (χ1n) is 4.34. The van der Waals surface area contributed by atoms with Crippen LogP contribution in [0, 0.1) is 5.41 Å². The lowest BCUT2D eigenvalue weighted by Gasteiger charge is -2.26. The molecule has 0 fully saturated rings. The first kappa shape index (κ1) is 9.24. The van der Waals surface area contributed by atoms with Gasteiger partial charge in [-0.15, -0.1) is 0 Å². The Labute approximate surface area is 74.2 Å². The fourth-order valence-electron chi connectivity index (χ4n) is 1.47. The standard InChI is InChI=1S/C11H16O/c1-8(2)9-7-11(3,4)6-5-10(9)12/h7H,1,5-6H2,2-4H3. The van der Waals surface area contributed by atoms with Crippen LogP contribution >= 0.6 is 0 Å². The number of hydrogen-bond donors (Lipinski definition) is 0. The number of allylic oxidation sites excluding steroid dienone is 3. The van der Waals surface area contributed by atoms with Crippen molar-refractivity contribution in [3.63, 3.8) is 0 Å². The van der Waals surface area contributed by atoms with E-state index in [0.29, 0.717) is 6.42 Å². The molecule has 0 unspecified atom stereocenters. The molecule has 1 aliphatic carbocycles. The first-order chi connectivity index (χ1) is 5.42. The summed E-state index contributed by atoms with van der Waals surface area (Å²) in [4.78, 5) is 11.4. The number of rotatable bonds is 1. The molecule has 0 radical (unpaired) electrons. The van der Waals surface area contributed by atoms with Crippen molar-refractivity contribution in [3.05, 3.63) is 23.8 Å². The molecule has 0 aliphatic heterocycles. The van der Waals surface area contributed by atoms with Crippen LogP contribution in [0.5, 0.6) is 0 Å². The molecule has 0 saturated carbocycles. The third-order valence-corrected chi connectivity index (χ3v) is 2.29. The first-order valence-corrected chi connectivity index (χ1v) is 4.34. The molecule has 12 heavy (non-hydrogen) atoms. The topological polar surface area (TPSA) is 17.1 Å². The molecule has 0 aromatic carbocycles. The minimum Gasteiger partial charge on any atom is -0.294 e. The van der Waals surface area contributed by atoms with Crippen molar-refractivity contribution in [3.8, 4) is 0 Å². The number of Topliss-reactive ketones (excluding diaryl/α,β-unsaturated/α-hetero) is 1. The summed E-state index contributed by atoms with van der Waals surface area (Å²) in [5.74, 6) is 0.252. The molecular formula is C11H16O. The summed E-state index contributed by atoms with van der Waals surface area (Å²) < 4.78 is 0. The lowest BCUT2D eigenvalue weighted by molar-refractivity contribution is -0.116. The van der Waals surface area contributed by atoms with Crippen LogP contribution in [0.3, 0.4) is 0 Å². The van der Waals surface area contributed by atoms with Crippen molar-refractivity contribution in [2.75, 3.05) is 0 Å². The Morgan fingerprint density at radius 1 is 1.58 bits per heavy atom. The van der Waals surface area contributed by atoms with Gasteiger partial charge in [-0.25, -0.2) is 0 Å².